The van der Waals surface area contributed by atoms with E-state index in [1.807, 2.05) is 6.92 Å². The highest BCUT2D eigenvalue weighted by Gasteiger charge is 2.33. The molecule has 2 aromatic rings. The Morgan fingerprint density at radius 3 is 2.27 bits per heavy atom. The number of hydrogen-bond acceptors (Lipinski definition) is 7. The van der Waals surface area contributed by atoms with Gasteiger partial charge in [-0.1, -0.05) is 28.2 Å². The van der Waals surface area contributed by atoms with Crippen molar-refractivity contribution in [3.63, 3.8) is 0 Å². The van der Waals surface area contributed by atoms with Crippen molar-refractivity contribution in [2.24, 2.45) is 0 Å². The number of hydroxylamine groups is 1. The number of hydrogen-bond donors (Lipinski definition) is 0. The average molecular weight is 415 g/mol. The minimum atomic E-state index is -4.32. The van der Waals surface area contributed by atoms with Crippen LogP contribution in [-0.4, -0.2) is 27.8 Å². The Kier molecular flexibility index (Phi) is 6.21. The second-order valence-corrected chi connectivity index (χ2v) is 10.1. The summed E-state index contributed by atoms with van der Waals surface area (Å²) in [5.41, 5.74) is 1.83. The lowest BCUT2D eigenvalue weighted by Crippen LogP contribution is -2.35. The predicted octanol–water partition coefficient (Wildman–Crippen LogP) is 2.90. The van der Waals surface area contributed by atoms with Gasteiger partial charge in [0, 0.05) is 0 Å². The highest BCUT2D eigenvalue weighted by Crippen LogP contribution is 2.28. The van der Waals surface area contributed by atoms with Gasteiger partial charge in [0.05, 0.1) is 23.9 Å². The van der Waals surface area contributed by atoms with Gasteiger partial charge in [0.2, 0.25) is 0 Å². The van der Waals surface area contributed by atoms with Crippen LogP contribution in [0.1, 0.15) is 23.1 Å². The molecule has 7 nitrogen and oxygen atoms in total. The van der Waals surface area contributed by atoms with Crippen molar-refractivity contribution in [3.8, 4) is 6.07 Å². The number of nitriles is 1. The van der Waals surface area contributed by atoms with Crippen molar-refractivity contribution >= 4 is 31.5 Å². The first-order valence-electron chi connectivity index (χ1n) is 7.55. The number of sulfonamides is 1. The smallest absolute Gasteiger partial charge is 0.205 e. The van der Waals surface area contributed by atoms with Crippen molar-refractivity contribution in [1.82, 2.24) is 4.47 Å². The number of nitrogens with zero attached hydrogens (tertiary/aromatic N) is 2. The number of aryl methyl sites for hydroxylation is 3. The van der Waals surface area contributed by atoms with Crippen LogP contribution >= 0.6 is 11.3 Å². The summed E-state index contributed by atoms with van der Waals surface area (Å²) >= 11 is 0.911. The zero-order chi connectivity index (χ0) is 19.5. The molecular formula is C16H18N2O5S3. The van der Waals surface area contributed by atoms with E-state index >= 15 is 0 Å². The second kappa shape index (κ2) is 7.85. The van der Waals surface area contributed by atoms with E-state index in [0.29, 0.717) is 15.6 Å². The third-order valence-corrected chi connectivity index (χ3v) is 8.07. The SMILES string of the molecule is Cc1cc(C)c(S(=O)(=O)N(CCC#N)OS(=O)(=O)c2cccs2)c(C)c1. The molecule has 0 radical (unpaired) electrons. The highest BCUT2D eigenvalue weighted by atomic mass is 32.3. The molecular weight excluding hydrogens is 396 g/mol. The van der Waals surface area contributed by atoms with Gasteiger partial charge in [0.15, 0.2) is 0 Å². The fourth-order valence-corrected chi connectivity index (χ4v) is 6.38. The normalized spacial score (nSPS) is 12.3. The van der Waals surface area contributed by atoms with Crippen LogP contribution in [0, 0.1) is 32.1 Å². The van der Waals surface area contributed by atoms with E-state index in [-0.39, 0.29) is 15.5 Å². The van der Waals surface area contributed by atoms with Crippen LogP contribution < -0.4 is 0 Å². The summed E-state index contributed by atoms with van der Waals surface area (Å²) in [4.78, 5) is -0.0255. The van der Waals surface area contributed by atoms with Gasteiger partial charge in [0.25, 0.3) is 10.0 Å². The lowest BCUT2D eigenvalue weighted by molar-refractivity contribution is 0.0468. The fourth-order valence-electron chi connectivity index (χ4n) is 2.57. The quantitative estimate of drug-likeness (QED) is 0.645. The second-order valence-electron chi connectivity index (χ2n) is 5.63. The van der Waals surface area contributed by atoms with E-state index in [1.165, 1.54) is 12.1 Å². The molecule has 0 amide bonds. The molecule has 140 valence electrons. The van der Waals surface area contributed by atoms with Gasteiger partial charge in [-0.05, 0) is 43.3 Å². The summed E-state index contributed by atoms with van der Waals surface area (Å²) in [5.74, 6) is 0. The molecule has 0 aliphatic heterocycles. The Morgan fingerprint density at radius 2 is 1.77 bits per heavy atom. The van der Waals surface area contributed by atoms with Crippen molar-refractivity contribution in [1.29, 1.82) is 5.26 Å². The summed E-state index contributed by atoms with van der Waals surface area (Å²) < 4.78 is 56.1. The van der Waals surface area contributed by atoms with E-state index in [4.69, 9.17) is 9.55 Å². The summed E-state index contributed by atoms with van der Waals surface area (Å²) in [6.07, 6.45) is -0.219. The third kappa shape index (κ3) is 4.31. The van der Waals surface area contributed by atoms with E-state index in [2.05, 4.69) is 0 Å². The van der Waals surface area contributed by atoms with Gasteiger partial charge in [-0.3, -0.25) is 0 Å². The van der Waals surface area contributed by atoms with Crippen LogP contribution in [0.15, 0.2) is 38.8 Å². The van der Waals surface area contributed by atoms with Crippen LogP contribution in [0.3, 0.4) is 0 Å². The fraction of sp³-hybridized carbons (Fsp3) is 0.312. The van der Waals surface area contributed by atoms with Crippen molar-refractivity contribution in [2.45, 2.75) is 36.3 Å². The molecule has 2 rings (SSSR count). The van der Waals surface area contributed by atoms with E-state index < -0.39 is 26.7 Å². The van der Waals surface area contributed by atoms with E-state index in [1.54, 1.807) is 37.4 Å². The van der Waals surface area contributed by atoms with Gasteiger partial charge in [0.1, 0.15) is 4.21 Å². The molecule has 0 spiro atoms. The molecule has 26 heavy (non-hydrogen) atoms. The maximum Gasteiger partial charge on any atom is 0.323 e. The first kappa shape index (κ1) is 20.5. The van der Waals surface area contributed by atoms with Crippen LogP contribution in [0.5, 0.6) is 0 Å². The summed E-state index contributed by atoms with van der Waals surface area (Å²) in [7, 11) is -8.61. The van der Waals surface area contributed by atoms with Gasteiger partial charge < -0.3 is 0 Å². The molecule has 0 N–H and O–H groups in total. The van der Waals surface area contributed by atoms with Crippen LogP contribution in [0.25, 0.3) is 0 Å². The van der Waals surface area contributed by atoms with E-state index in [0.717, 1.165) is 16.9 Å². The highest BCUT2D eigenvalue weighted by molar-refractivity contribution is 7.91. The molecule has 1 aromatic carbocycles. The minimum absolute atomic E-state index is 0.0255. The number of rotatable bonds is 7. The maximum absolute atomic E-state index is 13.1. The molecule has 0 bridgehead atoms. The molecule has 0 saturated heterocycles. The van der Waals surface area contributed by atoms with Crippen LogP contribution in [-0.2, 0) is 24.4 Å². The first-order valence-corrected chi connectivity index (χ1v) is 11.3. The lowest BCUT2D eigenvalue weighted by Gasteiger charge is -2.22. The van der Waals surface area contributed by atoms with Gasteiger partial charge in [-0.25, -0.2) is 8.42 Å². The topological polar surface area (TPSA) is 105 Å². The third-order valence-electron chi connectivity index (χ3n) is 3.46. The average Bonchev–Trinajstić information content (AvgIpc) is 3.05. The van der Waals surface area contributed by atoms with Crippen molar-refractivity contribution in [2.75, 3.05) is 6.54 Å². The molecule has 0 unspecified atom stereocenters. The zero-order valence-electron chi connectivity index (χ0n) is 14.5. The number of thiophene rings is 1. The zero-order valence-corrected chi connectivity index (χ0v) is 16.9. The summed E-state index contributed by atoms with van der Waals surface area (Å²) in [5, 5.41) is 10.3. The van der Waals surface area contributed by atoms with Gasteiger partial charge in [-0.2, -0.15) is 18.0 Å². The molecule has 0 aliphatic carbocycles. The predicted molar refractivity (Wildman–Crippen MR) is 97.4 cm³/mol. The molecule has 0 fully saturated rings. The molecule has 1 heterocycles. The molecule has 0 atom stereocenters. The molecule has 1 aromatic heterocycles. The Labute approximate surface area is 157 Å². The Hall–Kier alpha value is -1.77. The van der Waals surface area contributed by atoms with Crippen molar-refractivity contribution in [3.05, 3.63) is 46.3 Å². The minimum Gasteiger partial charge on any atom is -0.205 e. The lowest BCUT2D eigenvalue weighted by atomic mass is 10.1. The monoisotopic (exact) mass is 414 g/mol. The Morgan fingerprint density at radius 1 is 1.15 bits per heavy atom. The Balaban J connectivity index is 2.51. The Bertz CT molecular complexity index is 1010. The van der Waals surface area contributed by atoms with Gasteiger partial charge >= 0.3 is 10.1 Å². The van der Waals surface area contributed by atoms with Crippen LogP contribution in [0.4, 0.5) is 0 Å². The molecule has 0 aliphatic rings. The van der Waals surface area contributed by atoms with Gasteiger partial charge in [-0.15, -0.1) is 11.3 Å². The van der Waals surface area contributed by atoms with Crippen molar-refractivity contribution < 1.29 is 21.1 Å². The number of benzene rings is 1. The maximum atomic E-state index is 13.1. The molecule has 0 saturated carbocycles. The standard InChI is InChI=1S/C16H18N2O5S3/c1-12-10-13(2)16(14(3)11-12)25(19,20)18(8-5-7-17)23-26(21,22)15-6-4-9-24-15/h4,6,9-11H,5,8H2,1-3H3. The summed E-state index contributed by atoms with van der Waals surface area (Å²) in [6, 6.07) is 8.02. The van der Waals surface area contributed by atoms with Crippen LogP contribution in [0.2, 0.25) is 0 Å². The summed E-state index contributed by atoms with van der Waals surface area (Å²) in [6.45, 7) is 4.68. The van der Waals surface area contributed by atoms with E-state index in [9.17, 15) is 16.8 Å². The first-order chi connectivity index (χ1) is 12.1. The molecule has 10 heteroatoms. The largest absolute Gasteiger partial charge is 0.323 e.